The van der Waals surface area contributed by atoms with Gasteiger partial charge in [-0.05, 0) is 6.92 Å². The highest BCUT2D eigenvalue weighted by Gasteiger charge is 2.11. The molecule has 90 valence electrons. The van der Waals surface area contributed by atoms with E-state index in [-0.39, 0.29) is 0 Å². The summed E-state index contributed by atoms with van der Waals surface area (Å²) in [6.07, 6.45) is 0.787. The van der Waals surface area contributed by atoms with Crippen molar-refractivity contribution in [3.8, 4) is 0 Å². The molecule has 1 rings (SSSR count). The predicted octanol–water partition coefficient (Wildman–Crippen LogP) is 1.01. The molecule has 0 aromatic carbocycles. The molecule has 0 saturated carbocycles. The van der Waals surface area contributed by atoms with Gasteiger partial charge in [0.2, 0.25) is 0 Å². The Labute approximate surface area is 96.6 Å². The number of nitrogens with zero attached hydrogens (tertiary/aromatic N) is 3. The largest absolute Gasteiger partial charge is 0.383 e. The molecular formula is C11H20N4O. The second-order valence-electron chi connectivity index (χ2n) is 3.74. The number of anilines is 2. The Morgan fingerprint density at radius 1 is 1.38 bits per heavy atom. The Balaban J connectivity index is 2.97. The molecule has 0 fully saturated rings. The second kappa shape index (κ2) is 5.65. The molecule has 0 bridgehead atoms. The summed E-state index contributed by atoms with van der Waals surface area (Å²) >= 11 is 0. The predicted molar refractivity (Wildman–Crippen MR) is 65.7 cm³/mol. The van der Waals surface area contributed by atoms with Crippen LogP contribution >= 0.6 is 0 Å². The topological polar surface area (TPSA) is 64.3 Å². The van der Waals surface area contributed by atoms with Gasteiger partial charge in [-0.25, -0.2) is 9.97 Å². The summed E-state index contributed by atoms with van der Waals surface area (Å²) in [6.45, 7) is 5.41. The minimum absolute atomic E-state index is 0.561. The lowest BCUT2D eigenvalue weighted by Gasteiger charge is -2.20. The number of ether oxygens (including phenoxy) is 1. The normalized spacial score (nSPS) is 10.5. The number of nitrogen functional groups attached to an aromatic ring is 1. The van der Waals surface area contributed by atoms with E-state index in [0.717, 1.165) is 30.2 Å². The highest BCUT2D eigenvalue weighted by Crippen LogP contribution is 2.20. The van der Waals surface area contributed by atoms with Crippen LogP contribution < -0.4 is 10.6 Å². The van der Waals surface area contributed by atoms with E-state index in [9.17, 15) is 0 Å². The maximum Gasteiger partial charge on any atom is 0.137 e. The molecule has 0 amide bonds. The van der Waals surface area contributed by atoms with Crippen LogP contribution in [0.1, 0.15) is 18.3 Å². The molecule has 16 heavy (non-hydrogen) atoms. The maximum atomic E-state index is 5.85. The molecule has 0 aliphatic rings. The molecule has 0 spiro atoms. The van der Waals surface area contributed by atoms with E-state index in [4.69, 9.17) is 10.5 Å². The standard InChI is InChI=1S/C11H20N4O/c1-5-9-13-10(12)8(2)11(14-9)15(3)6-7-16-4/h5-7H2,1-4H3,(H2,12,13,14). The molecule has 0 aliphatic carbocycles. The molecule has 0 aliphatic heterocycles. The average molecular weight is 224 g/mol. The van der Waals surface area contributed by atoms with Gasteiger partial charge in [0.15, 0.2) is 0 Å². The van der Waals surface area contributed by atoms with Gasteiger partial charge in [0.1, 0.15) is 17.5 Å². The number of nitrogens with two attached hydrogens (primary N) is 1. The summed E-state index contributed by atoms with van der Waals surface area (Å²) in [5.41, 5.74) is 6.78. The lowest BCUT2D eigenvalue weighted by molar-refractivity contribution is 0.206. The lowest BCUT2D eigenvalue weighted by Crippen LogP contribution is -2.25. The molecule has 0 unspecified atom stereocenters. The SMILES string of the molecule is CCc1nc(N)c(C)c(N(C)CCOC)n1. The molecule has 0 saturated heterocycles. The zero-order valence-electron chi connectivity index (χ0n) is 10.4. The van der Waals surface area contributed by atoms with Gasteiger partial charge in [-0.1, -0.05) is 6.92 Å². The fraction of sp³-hybridized carbons (Fsp3) is 0.636. The first-order chi connectivity index (χ1) is 7.60. The number of aryl methyl sites for hydroxylation is 1. The number of likely N-dealkylation sites (N-methyl/N-ethyl adjacent to an activating group) is 1. The van der Waals surface area contributed by atoms with Crippen LogP contribution in [-0.4, -0.2) is 37.3 Å². The molecular weight excluding hydrogens is 204 g/mol. The third-order valence-electron chi connectivity index (χ3n) is 2.51. The molecule has 1 aromatic rings. The van der Waals surface area contributed by atoms with Gasteiger partial charge in [-0.3, -0.25) is 0 Å². The van der Waals surface area contributed by atoms with E-state index in [1.807, 2.05) is 25.8 Å². The molecule has 2 N–H and O–H groups in total. The molecule has 1 heterocycles. The van der Waals surface area contributed by atoms with Crippen LogP contribution in [0.3, 0.4) is 0 Å². The van der Waals surface area contributed by atoms with E-state index < -0.39 is 0 Å². The molecule has 0 atom stereocenters. The lowest BCUT2D eigenvalue weighted by atomic mass is 10.3. The van der Waals surface area contributed by atoms with Crippen LogP contribution in [0.5, 0.6) is 0 Å². The third-order valence-corrected chi connectivity index (χ3v) is 2.51. The first-order valence-electron chi connectivity index (χ1n) is 5.43. The number of aromatic nitrogens is 2. The summed E-state index contributed by atoms with van der Waals surface area (Å²) in [6, 6.07) is 0. The summed E-state index contributed by atoms with van der Waals surface area (Å²) < 4.78 is 5.04. The second-order valence-corrected chi connectivity index (χ2v) is 3.74. The fourth-order valence-electron chi connectivity index (χ4n) is 1.43. The van der Waals surface area contributed by atoms with Crippen molar-refractivity contribution in [3.05, 3.63) is 11.4 Å². The Kier molecular flexibility index (Phi) is 4.49. The van der Waals surface area contributed by atoms with Crippen LogP contribution in [0.2, 0.25) is 0 Å². The van der Waals surface area contributed by atoms with Gasteiger partial charge >= 0.3 is 0 Å². The molecule has 5 heteroatoms. The van der Waals surface area contributed by atoms with Gasteiger partial charge < -0.3 is 15.4 Å². The van der Waals surface area contributed by atoms with Crippen molar-refractivity contribution < 1.29 is 4.74 Å². The van der Waals surface area contributed by atoms with E-state index in [1.54, 1.807) is 7.11 Å². The highest BCUT2D eigenvalue weighted by atomic mass is 16.5. The van der Waals surface area contributed by atoms with Crippen molar-refractivity contribution in [2.75, 3.05) is 37.9 Å². The van der Waals surface area contributed by atoms with Crippen molar-refractivity contribution in [2.45, 2.75) is 20.3 Å². The van der Waals surface area contributed by atoms with Gasteiger partial charge in [-0.15, -0.1) is 0 Å². The zero-order valence-corrected chi connectivity index (χ0v) is 10.4. The van der Waals surface area contributed by atoms with Crippen molar-refractivity contribution >= 4 is 11.6 Å². The van der Waals surface area contributed by atoms with Crippen molar-refractivity contribution in [2.24, 2.45) is 0 Å². The monoisotopic (exact) mass is 224 g/mol. The first kappa shape index (κ1) is 12.7. The Bertz CT molecular complexity index is 354. The van der Waals surface area contributed by atoms with E-state index in [0.29, 0.717) is 12.4 Å². The quantitative estimate of drug-likeness (QED) is 0.808. The molecule has 5 nitrogen and oxygen atoms in total. The minimum atomic E-state index is 0.561. The highest BCUT2D eigenvalue weighted by molar-refractivity contribution is 5.56. The smallest absolute Gasteiger partial charge is 0.137 e. The number of methoxy groups -OCH3 is 1. The van der Waals surface area contributed by atoms with Crippen LogP contribution in [0.25, 0.3) is 0 Å². The van der Waals surface area contributed by atoms with Gasteiger partial charge in [0, 0.05) is 32.7 Å². The first-order valence-corrected chi connectivity index (χ1v) is 5.43. The summed E-state index contributed by atoms with van der Waals surface area (Å²) in [5.74, 6) is 2.23. The summed E-state index contributed by atoms with van der Waals surface area (Å²) in [4.78, 5) is 10.7. The van der Waals surface area contributed by atoms with Crippen LogP contribution in [0.15, 0.2) is 0 Å². The van der Waals surface area contributed by atoms with E-state index in [2.05, 4.69) is 9.97 Å². The Morgan fingerprint density at radius 2 is 2.06 bits per heavy atom. The van der Waals surface area contributed by atoms with Gasteiger partial charge in [0.25, 0.3) is 0 Å². The van der Waals surface area contributed by atoms with Crippen LogP contribution in [0, 0.1) is 6.92 Å². The van der Waals surface area contributed by atoms with Gasteiger partial charge in [-0.2, -0.15) is 0 Å². The van der Waals surface area contributed by atoms with Crippen molar-refractivity contribution in [3.63, 3.8) is 0 Å². The van der Waals surface area contributed by atoms with Crippen LogP contribution in [0.4, 0.5) is 11.6 Å². The minimum Gasteiger partial charge on any atom is -0.383 e. The number of hydrogen-bond donors (Lipinski definition) is 1. The molecule has 0 radical (unpaired) electrons. The zero-order chi connectivity index (χ0) is 12.1. The van der Waals surface area contributed by atoms with Gasteiger partial charge in [0.05, 0.1) is 6.61 Å². The van der Waals surface area contributed by atoms with E-state index in [1.165, 1.54) is 0 Å². The fourth-order valence-corrected chi connectivity index (χ4v) is 1.43. The Morgan fingerprint density at radius 3 is 2.62 bits per heavy atom. The number of hydrogen-bond acceptors (Lipinski definition) is 5. The van der Waals surface area contributed by atoms with Crippen molar-refractivity contribution in [1.29, 1.82) is 0 Å². The van der Waals surface area contributed by atoms with Crippen molar-refractivity contribution in [1.82, 2.24) is 9.97 Å². The third kappa shape index (κ3) is 2.82. The molecule has 1 aromatic heterocycles. The Hall–Kier alpha value is -1.36. The summed E-state index contributed by atoms with van der Waals surface area (Å²) in [7, 11) is 3.67. The van der Waals surface area contributed by atoms with Crippen LogP contribution in [-0.2, 0) is 11.2 Å². The maximum absolute atomic E-state index is 5.85. The number of rotatable bonds is 5. The van der Waals surface area contributed by atoms with E-state index >= 15 is 0 Å². The average Bonchev–Trinajstić information content (AvgIpc) is 2.29. The summed E-state index contributed by atoms with van der Waals surface area (Å²) in [5, 5.41) is 0.